The van der Waals surface area contributed by atoms with E-state index in [0.717, 1.165) is 15.6 Å². The van der Waals surface area contributed by atoms with E-state index in [-0.39, 0.29) is 5.97 Å². The lowest BCUT2D eigenvalue weighted by molar-refractivity contribution is 0.0601. The zero-order valence-corrected chi connectivity index (χ0v) is 10.9. The van der Waals surface area contributed by atoms with Gasteiger partial charge in [0.25, 0.3) is 0 Å². The van der Waals surface area contributed by atoms with Gasteiger partial charge in [-0.3, -0.25) is 0 Å². The van der Waals surface area contributed by atoms with Crippen LogP contribution in [0.4, 0.5) is 0 Å². The molecule has 0 aliphatic rings. The summed E-state index contributed by atoms with van der Waals surface area (Å²) in [6.07, 6.45) is 0. The summed E-state index contributed by atoms with van der Waals surface area (Å²) in [7, 11) is 1.39. The minimum Gasteiger partial charge on any atom is -0.465 e. The molecule has 2 aromatic carbocycles. The summed E-state index contributed by atoms with van der Waals surface area (Å²) in [6.45, 7) is 0. The molecule has 0 fully saturated rings. The Labute approximate surface area is 108 Å². The summed E-state index contributed by atoms with van der Waals surface area (Å²) in [6, 6.07) is 15.2. The van der Waals surface area contributed by atoms with Gasteiger partial charge in [-0.25, -0.2) is 4.79 Å². The molecule has 0 amide bonds. The third-order valence-electron chi connectivity index (χ3n) is 2.47. The van der Waals surface area contributed by atoms with Gasteiger partial charge in [0.15, 0.2) is 0 Å². The van der Waals surface area contributed by atoms with Crippen molar-refractivity contribution in [3.8, 4) is 11.1 Å². The van der Waals surface area contributed by atoms with Crippen molar-refractivity contribution in [3.63, 3.8) is 0 Å². The molecular formula is C14H11BrO2. The summed E-state index contributed by atoms with van der Waals surface area (Å²) in [5.74, 6) is -0.319. The number of ether oxygens (including phenoxy) is 1. The highest BCUT2D eigenvalue weighted by Crippen LogP contribution is 2.26. The monoisotopic (exact) mass is 290 g/mol. The lowest BCUT2D eigenvalue weighted by Crippen LogP contribution is -2.03. The van der Waals surface area contributed by atoms with E-state index in [0.29, 0.717) is 5.56 Å². The molecule has 0 heterocycles. The number of rotatable bonds is 2. The molecule has 86 valence electrons. The zero-order valence-electron chi connectivity index (χ0n) is 9.31. The molecular weight excluding hydrogens is 280 g/mol. The van der Waals surface area contributed by atoms with Gasteiger partial charge in [-0.1, -0.05) is 46.3 Å². The molecule has 0 aliphatic carbocycles. The van der Waals surface area contributed by atoms with Gasteiger partial charge >= 0.3 is 5.97 Å². The van der Waals surface area contributed by atoms with E-state index in [1.165, 1.54) is 7.11 Å². The standard InChI is InChI=1S/C14H11BrO2/c1-17-14(16)13-8-3-2-7-12(13)10-5-4-6-11(15)9-10/h2-9H,1H3. The fraction of sp³-hybridized carbons (Fsp3) is 0.0714. The van der Waals surface area contributed by atoms with Gasteiger partial charge in [0.05, 0.1) is 12.7 Å². The normalized spacial score (nSPS) is 10.0. The molecule has 0 radical (unpaired) electrons. The van der Waals surface area contributed by atoms with Crippen LogP contribution in [0.1, 0.15) is 10.4 Å². The maximum Gasteiger partial charge on any atom is 0.338 e. The van der Waals surface area contributed by atoms with Crippen LogP contribution in [0.3, 0.4) is 0 Å². The van der Waals surface area contributed by atoms with Gasteiger partial charge in [0.2, 0.25) is 0 Å². The Bertz CT molecular complexity index is 549. The summed E-state index contributed by atoms with van der Waals surface area (Å²) < 4.78 is 5.76. The SMILES string of the molecule is COC(=O)c1ccccc1-c1cccc(Br)c1. The Hall–Kier alpha value is -1.61. The van der Waals surface area contributed by atoms with Gasteiger partial charge in [-0.05, 0) is 29.3 Å². The summed E-state index contributed by atoms with van der Waals surface area (Å²) in [5, 5.41) is 0. The Balaban J connectivity index is 2.55. The average Bonchev–Trinajstić information content (AvgIpc) is 2.38. The van der Waals surface area contributed by atoms with E-state index in [2.05, 4.69) is 15.9 Å². The first-order chi connectivity index (χ1) is 8.22. The van der Waals surface area contributed by atoms with Crippen molar-refractivity contribution in [2.75, 3.05) is 7.11 Å². The Morgan fingerprint density at radius 1 is 1.12 bits per heavy atom. The van der Waals surface area contributed by atoms with Crippen LogP contribution in [0.2, 0.25) is 0 Å². The predicted octanol–water partition coefficient (Wildman–Crippen LogP) is 3.90. The molecule has 0 saturated carbocycles. The van der Waals surface area contributed by atoms with E-state index >= 15 is 0 Å². The second-order valence-corrected chi connectivity index (χ2v) is 4.46. The van der Waals surface area contributed by atoms with Crippen molar-refractivity contribution in [2.24, 2.45) is 0 Å². The number of benzene rings is 2. The van der Waals surface area contributed by atoms with Crippen LogP contribution in [-0.4, -0.2) is 13.1 Å². The van der Waals surface area contributed by atoms with Crippen LogP contribution in [0.5, 0.6) is 0 Å². The minimum atomic E-state index is -0.319. The topological polar surface area (TPSA) is 26.3 Å². The number of carbonyl (C=O) groups excluding carboxylic acids is 1. The second kappa shape index (κ2) is 5.15. The quantitative estimate of drug-likeness (QED) is 0.784. The highest BCUT2D eigenvalue weighted by atomic mass is 79.9. The van der Waals surface area contributed by atoms with E-state index < -0.39 is 0 Å². The number of methoxy groups -OCH3 is 1. The molecule has 2 rings (SSSR count). The van der Waals surface area contributed by atoms with Crippen molar-refractivity contribution in [2.45, 2.75) is 0 Å². The Kier molecular flexibility index (Phi) is 3.59. The van der Waals surface area contributed by atoms with E-state index in [1.807, 2.05) is 42.5 Å². The first kappa shape index (κ1) is 11.9. The third-order valence-corrected chi connectivity index (χ3v) is 2.96. The van der Waals surface area contributed by atoms with Crippen molar-refractivity contribution in [1.29, 1.82) is 0 Å². The molecule has 0 bridgehead atoms. The van der Waals surface area contributed by atoms with E-state index in [9.17, 15) is 4.79 Å². The van der Waals surface area contributed by atoms with Crippen molar-refractivity contribution >= 4 is 21.9 Å². The molecule has 0 saturated heterocycles. The first-order valence-corrected chi connectivity index (χ1v) is 5.95. The molecule has 2 nitrogen and oxygen atoms in total. The summed E-state index contributed by atoms with van der Waals surface area (Å²) in [4.78, 5) is 11.7. The average molecular weight is 291 g/mol. The molecule has 0 unspecified atom stereocenters. The number of halogens is 1. The van der Waals surface area contributed by atoms with Crippen LogP contribution in [0, 0.1) is 0 Å². The first-order valence-electron chi connectivity index (χ1n) is 5.15. The minimum absolute atomic E-state index is 0.319. The van der Waals surface area contributed by atoms with Gasteiger partial charge in [0.1, 0.15) is 0 Å². The van der Waals surface area contributed by atoms with Crippen LogP contribution >= 0.6 is 15.9 Å². The van der Waals surface area contributed by atoms with Gasteiger partial charge in [-0.2, -0.15) is 0 Å². The maximum absolute atomic E-state index is 11.7. The number of carbonyl (C=O) groups is 1. The van der Waals surface area contributed by atoms with Crippen LogP contribution < -0.4 is 0 Å². The summed E-state index contributed by atoms with van der Waals surface area (Å²) in [5.41, 5.74) is 2.44. The highest BCUT2D eigenvalue weighted by Gasteiger charge is 2.12. The Morgan fingerprint density at radius 2 is 1.88 bits per heavy atom. The second-order valence-electron chi connectivity index (χ2n) is 3.55. The third kappa shape index (κ3) is 2.56. The number of hydrogen-bond acceptors (Lipinski definition) is 2. The largest absolute Gasteiger partial charge is 0.465 e. The van der Waals surface area contributed by atoms with Crippen molar-refractivity contribution in [3.05, 3.63) is 58.6 Å². The molecule has 0 aromatic heterocycles. The summed E-state index contributed by atoms with van der Waals surface area (Å²) >= 11 is 3.42. The fourth-order valence-electron chi connectivity index (χ4n) is 1.68. The van der Waals surface area contributed by atoms with E-state index in [1.54, 1.807) is 6.07 Å². The van der Waals surface area contributed by atoms with E-state index in [4.69, 9.17) is 4.74 Å². The molecule has 17 heavy (non-hydrogen) atoms. The van der Waals surface area contributed by atoms with Gasteiger partial charge in [-0.15, -0.1) is 0 Å². The van der Waals surface area contributed by atoms with Crippen LogP contribution in [0.25, 0.3) is 11.1 Å². The number of esters is 1. The van der Waals surface area contributed by atoms with Crippen LogP contribution in [0.15, 0.2) is 53.0 Å². The maximum atomic E-state index is 11.7. The smallest absolute Gasteiger partial charge is 0.338 e. The fourth-order valence-corrected chi connectivity index (χ4v) is 2.08. The molecule has 0 atom stereocenters. The lowest BCUT2D eigenvalue weighted by Gasteiger charge is -2.08. The van der Waals surface area contributed by atoms with Gasteiger partial charge < -0.3 is 4.74 Å². The molecule has 3 heteroatoms. The number of hydrogen-bond donors (Lipinski definition) is 0. The van der Waals surface area contributed by atoms with Gasteiger partial charge in [0, 0.05) is 4.47 Å². The van der Waals surface area contributed by atoms with Crippen molar-refractivity contribution in [1.82, 2.24) is 0 Å². The Morgan fingerprint density at radius 3 is 2.59 bits per heavy atom. The molecule has 0 aliphatic heterocycles. The molecule has 0 N–H and O–H groups in total. The van der Waals surface area contributed by atoms with Crippen LogP contribution in [-0.2, 0) is 4.74 Å². The van der Waals surface area contributed by atoms with Crippen molar-refractivity contribution < 1.29 is 9.53 Å². The molecule has 0 spiro atoms. The highest BCUT2D eigenvalue weighted by molar-refractivity contribution is 9.10. The molecule has 2 aromatic rings. The zero-order chi connectivity index (χ0) is 12.3. The lowest BCUT2D eigenvalue weighted by atomic mass is 10.00. The predicted molar refractivity (Wildman–Crippen MR) is 70.9 cm³/mol.